The number of hydrogen-bond donors (Lipinski definition) is 0. The molecule has 1 aromatic rings. The minimum atomic E-state index is 0.102. The van der Waals surface area contributed by atoms with E-state index in [1.165, 1.54) is 24.5 Å². The third-order valence-corrected chi connectivity index (χ3v) is 4.53. The summed E-state index contributed by atoms with van der Waals surface area (Å²) in [5.41, 5.74) is 1.38. The average molecular weight is 241 g/mol. The Bertz CT molecular complexity index is 453. The highest BCUT2D eigenvalue weighted by molar-refractivity contribution is 5.87. The van der Waals surface area contributed by atoms with E-state index < -0.39 is 0 Å². The van der Waals surface area contributed by atoms with Crippen LogP contribution in [0, 0.1) is 5.92 Å². The van der Waals surface area contributed by atoms with E-state index >= 15 is 0 Å². The molecule has 18 heavy (non-hydrogen) atoms. The van der Waals surface area contributed by atoms with Gasteiger partial charge in [0.05, 0.1) is 0 Å². The second-order valence-electron chi connectivity index (χ2n) is 5.37. The van der Waals surface area contributed by atoms with E-state index in [2.05, 4.69) is 36.9 Å². The number of carbonyl (C=O) groups is 1. The summed E-state index contributed by atoms with van der Waals surface area (Å²) in [6.07, 6.45) is 5.13. The largest absolute Gasteiger partial charge is 0.335 e. The molecular formula is C16H19NO. The van der Waals surface area contributed by atoms with Gasteiger partial charge in [-0.15, -0.1) is 0 Å². The Morgan fingerprint density at radius 1 is 1.28 bits per heavy atom. The Morgan fingerprint density at radius 3 is 2.78 bits per heavy atom. The number of fused-ring (bicyclic) bond motifs is 1. The van der Waals surface area contributed by atoms with Crippen molar-refractivity contribution in [2.45, 2.75) is 31.2 Å². The molecule has 3 rings (SSSR count). The minimum Gasteiger partial charge on any atom is -0.335 e. The normalized spacial score (nSPS) is 30.2. The van der Waals surface area contributed by atoms with Crippen LogP contribution in [0.1, 0.15) is 30.7 Å². The van der Waals surface area contributed by atoms with Gasteiger partial charge in [0.1, 0.15) is 0 Å². The zero-order valence-electron chi connectivity index (χ0n) is 10.6. The van der Waals surface area contributed by atoms with Gasteiger partial charge < -0.3 is 4.90 Å². The molecule has 0 bridgehead atoms. The summed E-state index contributed by atoms with van der Waals surface area (Å²) in [4.78, 5) is 14.0. The topological polar surface area (TPSA) is 20.3 Å². The van der Waals surface area contributed by atoms with Gasteiger partial charge in [-0.05, 0) is 30.4 Å². The maximum atomic E-state index is 11.9. The average Bonchev–Trinajstić information content (AvgIpc) is 3.00. The zero-order chi connectivity index (χ0) is 12.5. The SMILES string of the molecule is C=CC(=O)N1CC(c2ccccc2)C2CCCC21. The van der Waals surface area contributed by atoms with Crippen LogP contribution in [-0.2, 0) is 4.79 Å². The molecule has 1 aliphatic carbocycles. The van der Waals surface area contributed by atoms with Gasteiger partial charge in [-0.25, -0.2) is 0 Å². The molecule has 0 aromatic heterocycles. The first kappa shape index (κ1) is 11.5. The van der Waals surface area contributed by atoms with Crippen LogP contribution in [0.3, 0.4) is 0 Å². The molecule has 0 spiro atoms. The van der Waals surface area contributed by atoms with E-state index in [0.29, 0.717) is 17.9 Å². The molecule has 0 radical (unpaired) electrons. The van der Waals surface area contributed by atoms with Crippen LogP contribution < -0.4 is 0 Å². The van der Waals surface area contributed by atoms with Gasteiger partial charge in [0.25, 0.3) is 0 Å². The van der Waals surface area contributed by atoms with Crippen LogP contribution in [0.4, 0.5) is 0 Å². The summed E-state index contributed by atoms with van der Waals surface area (Å²) < 4.78 is 0. The summed E-state index contributed by atoms with van der Waals surface area (Å²) in [6.45, 7) is 4.49. The molecule has 3 unspecified atom stereocenters. The molecule has 2 heteroatoms. The van der Waals surface area contributed by atoms with Gasteiger partial charge in [-0.2, -0.15) is 0 Å². The van der Waals surface area contributed by atoms with Gasteiger partial charge in [0.2, 0.25) is 5.91 Å². The highest BCUT2D eigenvalue weighted by Gasteiger charge is 2.45. The van der Waals surface area contributed by atoms with Crippen molar-refractivity contribution < 1.29 is 4.79 Å². The molecule has 1 aliphatic heterocycles. The summed E-state index contributed by atoms with van der Waals surface area (Å²) >= 11 is 0. The second-order valence-corrected chi connectivity index (χ2v) is 5.37. The Hall–Kier alpha value is -1.57. The Balaban J connectivity index is 1.89. The number of benzene rings is 1. The van der Waals surface area contributed by atoms with Crippen LogP contribution in [0.15, 0.2) is 43.0 Å². The lowest BCUT2D eigenvalue weighted by Gasteiger charge is -2.21. The molecule has 1 amide bonds. The Morgan fingerprint density at radius 2 is 2.06 bits per heavy atom. The lowest BCUT2D eigenvalue weighted by molar-refractivity contribution is -0.126. The smallest absolute Gasteiger partial charge is 0.246 e. The van der Waals surface area contributed by atoms with Crippen LogP contribution in [-0.4, -0.2) is 23.4 Å². The van der Waals surface area contributed by atoms with Crippen molar-refractivity contribution >= 4 is 5.91 Å². The van der Waals surface area contributed by atoms with E-state index in [9.17, 15) is 4.79 Å². The predicted molar refractivity (Wildman–Crippen MR) is 72.2 cm³/mol. The van der Waals surface area contributed by atoms with Crippen LogP contribution in [0.5, 0.6) is 0 Å². The number of hydrogen-bond acceptors (Lipinski definition) is 1. The van der Waals surface area contributed by atoms with E-state index in [0.717, 1.165) is 13.0 Å². The molecule has 1 saturated heterocycles. The Kier molecular flexibility index (Phi) is 2.94. The fourth-order valence-corrected chi connectivity index (χ4v) is 3.73. The first-order chi connectivity index (χ1) is 8.81. The lowest BCUT2D eigenvalue weighted by atomic mass is 9.87. The molecule has 1 saturated carbocycles. The lowest BCUT2D eigenvalue weighted by Crippen LogP contribution is -2.34. The van der Waals surface area contributed by atoms with Crippen molar-refractivity contribution in [3.63, 3.8) is 0 Å². The van der Waals surface area contributed by atoms with Crippen LogP contribution in [0.2, 0.25) is 0 Å². The van der Waals surface area contributed by atoms with E-state index in [1.54, 1.807) is 0 Å². The molecule has 0 N–H and O–H groups in total. The molecule has 2 fully saturated rings. The van der Waals surface area contributed by atoms with Gasteiger partial charge >= 0.3 is 0 Å². The zero-order valence-corrected chi connectivity index (χ0v) is 10.6. The van der Waals surface area contributed by atoms with E-state index in [4.69, 9.17) is 0 Å². The quantitative estimate of drug-likeness (QED) is 0.729. The number of rotatable bonds is 2. The fourth-order valence-electron chi connectivity index (χ4n) is 3.73. The van der Waals surface area contributed by atoms with Crippen molar-refractivity contribution in [2.24, 2.45) is 5.92 Å². The van der Waals surface area contributed by atoms with E-state index in [-0.39, 0.29) is 5.91 Å². The third-order valence-electron chi connectivity index (χ3n) is 4.53. The molecule has 2 aliphatic rings. The number of carbonyl (C=O) groups excluding carboxylic acids is 1. The van der Waals surface area contributed by atoms with Gasteiger partial charge in [0, 0.05) is 18.5 Å². The van der Waals surface area contributed by atoms with Crippen molar-refractivity contribution in [3.05, 3.63) is 48.6 Å². The third kappa shape index (κ3) is 1.76. The van der Waals surface area contributed by atoms with Gasteiger partial charge in [-0.1, -0.05) is 43.3 Å². The first-order valence-corrected chi connectivity index (χ1v) is 6.79. The minimum absolute atomic E-state index is 0.102. The monoisotopic (exact) mass is 241 g/mol. The van der Waals surface area contributed by atoms with Crippen LogP contribution >= 0.6 is 0 Å². The van der Waals surface area contributed by atoms with Crippen molar-refractivity contribution in [3.8, 4) is 0 Å². The number of likely N-dealkylation sites (tertiary alicyclic amines) is 1. The van der Waals surface area contributed by atoms with E-state index in [1.807, 2.05) is 4.90 Å². The maximum absolute atomic E-state index is 11.9. The Labute approximate surface area is 108 Å². The van der Waals surface area contributed by atoms with Crippen LogP contribution in [0.25, 0.3) is 0 Å². The first-order valence-electron chi connectivity index (χ1n) is 6.79. The van der Waals surface area contributed by atoms with Gasteiger partial charge in [0.15, 0.2) is 0 Å². The molecule has 3 atom stereocenters. The van der Waals surface area contributed by atoms with Gasteiger partial charge in [-0.3, -0.25) is 4.79 Å². The summed E-state index contributed by atoms with van der Waals surface area (Å²) in [5, 5.41) is 0. The molecule has 94 valence electrons. The summed E-state index contributed by atoms with van der Waals surface area (Å²) in [7, 11) is 0. The highest BCUT2D eigenvalue weighted by atomic mass is 16.2. The molecular weight excluding hydrogens is 222 g/mol. The van der Waals surface area contributed by atoms with Crippen molar-refractivity contribution in [1.29, 1.82) is 0 Å². The maximum Gasteiger partial charge on any atom is 0.246 e. The predicted octanol–water partition coefficient (Wildman–Crippen LogP) is 2.97. The molecule has 2 nitrogen and oxygen atoms in total. The highest BCUT2D eigenvalue weighted by Crippen LogP contribution is 2.46. The fraction of sp³-hybridized carbons (Fsp3) is 0.438. The summed E-state index contributed by atoms with van der Waals surface area (Å²) in [6, 6.07) is 11.1. The standard InChI is InChI=1S/C16H19NO/c1-2-16(18)17-11-14(12-7-4-3-5-8-12)13-9-6-10-15(13)17/h2-5,7-8,13-15H,1,6,9-11H2. The number of nitrogens with zero attached hydrogens (tertiary/aromatic N) is 1. The second kappa shape index (κ2) is 4.60. The number of amides is 1. The summed E-state index contributed by atoms with van der Waals surface area (Å²) in [5.74, 6) is 1.27. The molecule has 1 heterocycles. The van der Waals surface area contributed by atoms with Crippen molar-refractivity contribution in [1.82, 2.24) is 4.90 Å². The van der Waals surface area contributed by atoms with Crippen molar-refractivity contribution in [2.75, 3.05) is 6.54 Å². The molecule has 1 aromatic carbocycles.